The van der Waals surface area contributed by atoms with Crippen LogP contribution in [0.15, 0.2) is 71.0 Å². The van der Waals surface area contributed by atoms with Gasteiger partial charge in [-0.05, 0) is 74.4 Å². The van der Waals surface area contributed by atoms with Gasteiger partial charge in [0.1, 0.15) is 12.4 Å². The van der Waals surface area contributed by atoms with Gasteiger partial charge < -0.3 is 29.6 Å². The van der Waals surface area contributed by atoms with E-state index in [2.05, 4.69) is 21.2 Å². The van der Waals surface area contributed by atoms with Crippen molar-refractivity contribution in [1.29, 1.82) is 0 Å². The number of benzene rings is 3. The molecule has 0 saturated heterocycles. The van der Waals surface area contributed by atoms with E-state index in [0.717, 1.165) is 5.56 Å². The number of halogens is 3. The summed E-state index contributed by atoms with van der Waals surface area (Å²) in [5.74, 6) is 0.120. The van der Waals surface area contributed by atoms with Gasteiger partial charge in [-0.1, -0.05) is 59.1 Å². The van der Waals surface area contributed by atoms with Crippen LogP contribution in [0.25, 0.3) is 0 Å². The highest BCUT2D eigenvalue weighted by Gasteiger charge is 2.32. The van der Waals surface area contributed by atoms with Crippen molar-refractivity contribution in [1.82, 2.24) is 16.1 Å². The van der Waals surface area contributed by atoms with E-state index in [4.69, 9.17) is 66.0 Å². The fourth-order valence-corrected chi connectivity index (χ4v) is 5.33. The predicted molar refractivity (Wildman–Crippen MR) is 182 cm³/mol. The van der Waals surface area contributed by atoms with Gasteiger partial charge in [0, 0.05) is 11.3 Å². The summed E-state index contributed by atoms with van der Waals surface area (Å²) in [6.45, 7) is 5.71. The van der Waals surface area contributed by atoms with Gasteiger partial charge in [0.05, 0.1) is 46.1 Å². The smallest absolute Gasteiger partial charge is 0.338 e. The summed E-state index contributed by atoms with van der Waals surface area (Å²) in [7, 11) is 0. The van der Waals surface area contributed by atoms with E-state index < -0.39 is 17.9 Å². The maximum absolute atomic E-state index is 12.8. The second-order valence-corrected chi connectivity index (χ2v) is 11.3. The number of hydrazone groups is 1. The van der Waals surface area contributed by atoms with Crippen LogP contribution in [0.4, 0.5) is 0 Å². The third-order valence-electron chi connectivity index (χ3n) is 6.46. The first kappa shape index (κ1) is 34.8. The van der Waals surface area contributed by atoms with Gasteiger partial charge in [0.2, 0.25) is 0 Å². The molecule has 14 heteroatoms. The molecule has 1 heterocycles. The molecule has 0 saturated carbocycles. The van der Waals surface area contributed by atoms with Crippen molar-refractivity contribution in [2.75, 3.05) is 19.8 Å². The first-order valence-corrected chi connectivity index (χ1v) is 15.7. The van der Waals surface area contributed by atoms with Crippen LogP contribution in [0.5, 0.6) is 17.2 Å². The van der Waals surface area contributed by atoms with Gasteiger partial charge in [-0.2, -0.15) is 5.10 Å². The number of nitrogens with one attached hydrogen (secondary N) is 3. The van der Waals surface area contributed by atoms with Crippen LogP contribution in [0.1, 0.15) is 43.5 Å². The van der Waals surface area contributed by atoms with Gasteiger partial charge in [-0.15, -0.1) is 0 Å². The summed E-state index contributed by atoms with van der Waals surface area (Å²) in [5, 5.41) is 11.6. The van der Waals surface area contributed by atoms with Gasteiger partial charge in [-0.25, -0.2) is 10.2 Å². The maximum atomic E-state index is 12.8. The summed E-state index contributed by atoms with van der Waals surface area (Å²) in [5.41, 5.74) is 5.32. The van der Waals surface area contributed by atoms with Crippen molar-refractivity contribution in [2.24, 2.45) is 5.10 Å². The number of nitrogens with zero attached hydrogens (tertiary/aromatic N) is 1. The average molecular weight is 706 g/mol. The number of esters is 1. The fraction of sp³-hybridized carbons (Fsp3) is 0.250. The number of allylic oxidation sites excluding steroid dienone is 1. The normalized spacial score (nSPS) is 14.4. The van der Waals surface area contributed by atoms with E-state index in [0.29, 0.717) is 61.4 Å². The first-order valence-electron chi connectivity index (χ1n) is 14.1. The van der Waals surface area contributed by atoms with Crippen LogP contribution in [-0.2, 0) is 20.9 Å². The molecule has 0 unspecified atom stereocenters. The molecule has 0 aromatic heterocycles. The van der Waals surface area contributed by atoms with Crippen LogP contribution < -0.4 is 30.3 Å². The minimum atomic E-state index is -0.648. The van der Waals surface area contributed by atoms with E-state index >= 15 is 0 Å². The Balaban J connectivity index is 1.41. The number of carbonyl (C=O) groups is 2. The summed E-state index contributed by atoms with van der Waals surface area (Å²) >= 11 is 24.0. The zero-order valence-electron chi connectivity index (χ0n) is 25.1. The highest BCUT2D eigenvalue weighted by molar-refractivity contribution is 7.80. The van der Waals surface area contributed by atoms with Crippen molar-refractivity contribution in [3.05, 3.63) is 97.6 Å². The largest absolute Gasteiger partial charge is 0.490 e. The lowest BCUT2D eigenvalue weighted by molar-refractivity contribution is -0.139. The lowest BCUT2D eigenvalue weighted by Crippen LogP contribution is -2.45. The topological polar surface area (TPSA) is 120 Å². The fourth-order valence-electron chi connectivity index (χ4n) is 4.46. The first-order chi connectivity index (χ1) is 22.1. The third-order valence-corrected chi connectivity index (χ3v) is 7.69. The predicted octanol–water partition coefficient (Wildman–Crippen LogP) is 6.51. The Kier molecular flexibility index (Phi) is 12.5. The van der Waals surface area contributed by atoms with Gasteiger partial charge >= 0.3 is 5.97 Å². The van der Waals surface area contributed by atoms with E-state index in [1.807, 2.05) is 6.92 Å². The molecule has 4 rings (SSSR count). The SMILES string of the molecule is CCOC(=O)C1=C(C)NC(=S)N[C@H]1c1ccccc1OCC(=O)NN=Cc1cc(Cl)c(OCc2ccc(Cl)c(Cl)c2)c(OCC)c1. The lowest BCUT2D eigenvalue weighted by atomic mass is 9.95. The van der Waals surface area contributed by atoms with E-state index in [1.54, 1.807) is 68.4 Å². The molecule has 3 aromatic rings. The van der Waals surface area contributed by atoms with Gasteiger partial charge in [0.15, 0.2) is 23.2 Å². The molecule has 1 amide bonds. The molecule has 1 aliphatic heterocycles. The quantitative estimate of drug-likeness (QED) is 0.0792. The maximum Gasteiger partial charge on any atom is 0.338 e. The number of ether oxygens (including phenoxy) is 4. The zero-order chi connectivity index (χ0) is 33.2. The Morgan fingerprint density at radius 2 is 1.74 bits per heavy atom. The van der Waals surface area contributed by atoms with Crippen molar-refractivity contribution < 1.29 is 28.5 Å². The minimum Gasteiger partial charge on any atom is -0.490 e. The molecule has 0 aliphatic carbocycles. The molecule has 46 heavy (non-hydrogen) atoms. The summed E-state index contributed by atoms with van der Waals surface area (Å²) in [6.07, 6.45) is 1.42. The van der Waals surface area contributed by atoms with Crippen LogP contribution in [-0.4, -0.2) is 43.0 Å². The Hall–Kier alpha value is -4.03. The Labute approximate surface area is 287 Å². The lowest BCUT2D eigenvalue weighted by Gasteiger charge is -2.30. The Morgan fingerprint density at radius 1 is 0.957 bits per heavy atom. The van der Waals surface area contributed by atoms with Crippen molar-refractivity contribution in [3.63, 3.8) is 0 Å². The second kappa shape index (κ2) is 16.5. The molecule has 3 N–H and O–H groups in total. The van der Waals surface area contributed by atoms with Crippen LogP contribution in [0.2, 0.25) is 15.1 Å². The second-order valence-electron chi connectivity index (χ2n) is 9.71. The molecule has 1 aliphatic rings. The molecular weight excluding hydrogens is 675 g/mol. The summed E-state index contributed by atoms with van der Waals surface area (Å²) < 4.78 is 22.8. The molecule has 1 atom stereocenters. The Morgan fingerprint density at radius 3 is 2.48 bits per heavy atom. The molecule has 0 radical (unpaired) electrons. The number of hydrogen-bond donors (Lipinski definition) is 3. The average Bonchev–Trinajstić information content (AvgIpc) is 3.01. The molecule has 3 aromatic carbocycles. The van der Waals surface area contributed by atoms with E-state index in [-0.39, 0.29) is 24.8 Å². The van der Waals surface area contributed by atoms with Crippen LogP contribution >= 0.6 is 47.0 Å². The van der Waals surface area contributed by atoms with E-state index in [1.165, 1.54) is 6.21 Å². The number of rotatable bonds is 13. The standard InChI is InChI=1S/C32H31Cl3N4O6S/c1-4-42-26-14-20(13-24(35)30(26)45-16-19-10-11-22(33)23(34)12-19)15-36-39-27(40)17-44-25-9-7-6-8-21(25)29-28(31(41)43-5-2)18(3)37-32(46)38-29/h6-15,29H,4-5,16-17H2,1-3H3,(H,39,40)(H2,37,38,46)/t29-/m0/s1. The molecule has 242 valence electrons. The number of carbonyl (C=O) groups excluding carboxylic acids is 2. The molecular formula is C32H31Cl3N4O6S. The number of amides is 1. The third kappa shape index (κ3) is 9.03. The highest BCUT2D eigenvalue weighted by Crippen LogP contribution is 2.37. The summed E-state index contributed by atoms with van der Waals surface area (Å²) in [4.78, 5) is 25.4. The van der Waals surface area contributed by atoms with Crippen molar-refractivity contribution >= 4 is 70.2 Å². The molecule has 0 fully saturated rings. The van der Waals surface area contributed by atoms with E-state index in [9.17, 15) is 9.59 Å². The van der Waals surface area contributed by atoms with Crippen molar-refractivity contribution in [3.8, 4) is 17.2 Å². The van der Waals surface area contributed by atoms with Crippen LogP contribution in [0, 0.1) is 0 Å². The minimum absolute atomic E-state index is 0.184. The monoisotopic (exact) mass is 704 g/mol. The molecule has 0 bridgehead atoms. The van der Waals surface area contributed by atoms with Crippen LogP contribution in [0.3, 0.4) is 0 Å². The van der Waals surface area contributed by atoms with Crippen molar-refractivity contribution in [2.45, 2.75) is 33.4 Å². The number of hydrogen-bond acceptors (Lipinski definition) is 8. The molecule has 0 spiro atoms. The summed E-state index contributed by atoms with van der Waals surface area (Å²) in [6, 6.07) is 14.9. The highest BCUT2D eigenvalue weighted by atomic mass is 35.5. The molecule has 10 nitrogen and oxygen atoms in total. The number of para-hydroxylation sites is 1. The number of thiocarbonyl (C=S) groups is 1. The van der Waals surface area contributed by atoms with Gasteiger partial charge in [0.25, 0.3) is 5.91 Å². The zero-order valence-corrected chi connectivity index (χ0v) is 28.2. The van der Waals surface area contributed by atoms with Gasteiger partial charge in [-0.3, -0.25) is 4.79 Å². The Bertz CT molecular complexity index is 1680.